The van der Waals surface area contributed by atoms with Crippen LogP contribution in [0.15, 0.2) is 42.5 Å². The SMILES string of the molecule is C[C@@H](NC(=O)CN(c1cccc([N+](=O)[O-])c1)S(C)(=O)=O)c1ccc2c(c1)CCCC2. The zero-order valence-electron chi connectivity index (χ0n) is 17.0. The van der Waals surface area contributed by atoms with E-state index in [9.17, 15) is 23.3 Å². The molecule has 0 spiro atoms. The molecule has 1 N–H and O–H groups in total. The molecule has 160 valence electrons. The van der Waals surface area contributed by atoms with Gasteiger partial charge in [-0.3, -0.25) is 19.2 Å². The monoisotopic (exact) mass is 431 g/mol. The number of benzene rings is 2. The fourth-order valence-corrected chi connectivity index (χ4v) is 4.53. The van der Waals surface area contributed by atoms with E-state index in [4.69, 9.17) is 0 Å². The van der Waals surface area contributed by atoms with Crippen molar-refractivity contribution in [2.75, 3.05) is 17.1 Å². The predicted octanol–water partition coefficient (Wildman–Crippen LogP) is 3.12. The third-order valence-corrected chi connectivity index (χ3v) is 6.41. The van der Waals surface area contributed by atoms with E-state index < -0.39 is 27.4 Å². The Morgan fingerprint density at radius 2 is 1.87 bits per heavy atom. The van der Waals surface area contributed by atoms with Crippen molar-refractivity contribution in [1.82, 2.24) is 5.32 Å². The van der Waals surface area contributed by atoms with Crippen LogP contribution in [0.25, 0.3) is 0 Å². The van der Waals surface area contributed by atoms with Crippen molar-refractivity contribution in [1.29, 1.82) is 0 Å². The third-order valence-electron chi connectivity index (χ3n) is 5.27. The quantitative estimate of drug-likeness (QED) is 0.535. The second kappa shape index (κ2) is 8.83. The van der Waals surface area contributed by atoms with Crippen LogP contribution >= 0.6 is 0 Å². The highest BCUT2D eigenvalue weighted by atomic mass is 32.2. The van der Waals surface area contributed by atoms with Gasteiger partial charge in [0, 0.05) is 12.1 Å². The van der Waals surface area contributed by atoms with Crippen LogP contribution in [-0.4, -0.2) is 32.0 Å². The number of nitro groups is 1. The average molecular weight is 432 g/mol. The number of fused-ring (bicyclic) bond motifs is 1. The summed E-state index contributed by atoms with van der Waals surface area (Å²) in [4.78, 5) is 23.0. The molecule has 9 heteroatoms. The van der Waals surface area contributed by atoms with Gasteiger partial charge in [-0.1, -0.05) is 24.3 Å². The first-order valence-electron chi connectivity index (χ1n) is 9.78. The van der Waals surface area contributed by atoms with Gasteiger partial charge in [0.2, 0.25) is 15.9 Å². The fourth-order valence-electron chi connectivity index (χ4n) is 3.69. The molecule has 2 aromatic carbocycles. The van der Waals surface area contributed by atoms with Crippen LogP contribution in [0.5, 0.6) is 0 Å². The molecule has 0 saturated carbocycles. The van der Waals surface area contributed by atoms with E-state index in [-0.39, 0.29) is 17.4 Å². The summed E-state index contributed by atoms with van der Waals surface area (Å²) in [5.74, 6) is -0.489. The Labute approximate surface area is 176 Å². The first kappa shape index (κ1) is 21.8. The number of nitrogens with zero attached hydrogens (tertiary/aromatic N) is 2. The van der Waals surface area contributed by atoms with Crippen LogP contribution in [0.4, 0.5) is 11.4 Å². The Hall–Kier alpha value is -2.94. The lowest BCUT2D eigenvalue weighted by molar-refractivity contribution is -0.384. The fraction of sp³-hybridized carbons (Fsp3) is 0.381. The maximum atomic E-state index is 12.6. The summed E-state index contributed by atoms with van der Waals surface area (Å²) in [5.41, 5.74) is 3.43. The van der Waals surface area contributed by atoms with Crippen molar-refractivity contribution in [2.45, 2.75) is 38.6 Å². The Balaban J connectivity index is 1.75. The van der Waals surface area contributed by atoms with Gasteiger partial charge >= 0.3 is 0 Å². The van der Waals surface area contributed by atoms with Crippen LogP contribution in [0.2, 0.25) is 0 Å². The molecule has 0 aromatic heterocycles. The van der Waals surface area contributed by atoms with Crippen molar-refractivity contribution >= 4 is 27.3 Å². The van der Waals surface area contributed by atoms with E-state index in [0.717, 1.165) is 41.5 Å². The van der Waals surface area contributed by atoms with E-state index in [0.29, 0.717) is 0 Å². The Bertz CT molecular complexity index is 1070. The van der Waals surface area contributed by atoms with Crippen molar-refractivity contribution in [3.63, 3.8) is 0 Å². The second-order valence-corrected chi connectivity index (χ2v) is 9.48. The zero-order chi connectivity index (χ0) is 21.9. The average Bonchev–Trinajstić information content (AvgIpc) is 2.70. The number of amides is 1. The van der Waals surface area contributed by atoms with Crippen LogP contribution in [-0.2, 0) is 27.7 Å². The molecule has 2 aromatic rings. The Morgan fingerprint density at radius 1 is 1.17 bits per heavy atom. The molecule has 0 fully saturated rings. The van der Waals surface area contributed by atoms with Crippen LogP contribution in [0, 0.1) is 10.1 Å². The minimum absolute atomic E-state index is 0.0725. The number of carbonyl (C=O) groups excluding carboxylic acids is 1. The summed E-state index contributed by atoms with van der Waals surface area (Å²) in [5, 5.41) is 13.8. The van der Waals surface area contributed by atoms with Gasteiger partial charge in [0.15, 0.2) is 0 Å². The number of nitro benzene ring substituents is 1. The molecule has 8 nitrogen and oxygen atoms in total. The molecule has 1 aliphatic carbocycles. The van der Waals surface area contributed by atoms with Gasteiger partial charge in [-0.15, -0.1) is 0 Å². The third kappa shape index (κ3) is 5.15. The van der Waals surface area contributed by atoms with Gasteiger partial charge in [-0.25, -0.2) is 8.42 Å². The Kier molecular flexibility index (Phi) is 6.40. The first-order chi connectivity index (χ1) is 14.1. The van der Waals surface area contributed by atoms with Gasteiger partial charge in [-0.2, -0.15) is 0 Å². The summed E-state index contributed by atoms with van der Waals surface area (Å²) in [6.07, 6.45) is 5.41. The highest BCUT2D eigenvalue weighted by Crippen LogP contribution is 2.25. The number of anilines is 1. The number of non-ortho nitro benzene ring substituents is 1. The minimum atomic E-state index is -3.82. The molecular formula is C21H25N3O5S. The molecule has 1 aliphatic rings. The maximum Gasteiger partial charge on any atom is 0.271 e. The van der Waals surface area contributed by atoms with Gasteiger partial charge in [-0.05, 0) is 55.4 Å². The largest absolute Gasteiger partial charge is 0.348 e. The molecule has 0 heterocycles. The number of hydrogen-bond acceptors (Lipinski definition) is 5. The van der Waals surface area contributed by atoms with E-state index in [2.05, 4.69) is 17.4 Å². The highest BCUT2D eigenvalue weighted by Gasteiger charge is 2.23. The molecule has 0 bridgehead atoms. The van der Waals surface area contributed by atoms with Crippen LogP contribution in [0.3, 0.4) is 0 Å². The van der Waals surface area contributed by atoms with Gasteiger partial charge in [0.25, 0.3) is 5.69 Å². The van der Waals surface area contributed by atoms with Gasteiger partial charge in [0.05, 0.1) is 22.9 Å². The smallest absolute Gasteiger partial charge is 0.271 e. The molecule has 30 heavy (non-hydrogen) atoms. The number of aryl methyl sites for hydroxylation is 2. The summed E-state index contributed by atoms with van der Waals surface area (Å²) in [6.45, 7) is 1.38. The van der Waals surface area contributed by atoms with Gasteiger partial charge < -0.3 is 5.32 Å². The summed E-state index contributed by atoms with van der Waals surface area (Å²) in [6, 6.07) is 11.1. The minimum Gasteiger partial charge on any atom is -0.348 e. The zero-order valence-corrected chi connectivity index (χ0v) is 17.8. The van der Waals surface area contributed by atoms with Crippen molar-refractivity contribution in [3.8, 4) is 0 Å². The van der Waals surface area contributed by atoms with E-state index in [1.165, 1.54) is 35.7 Å². The summed E-state index contributed by atoms with van der Waals surface area (Å²) in [7, 11) is -3.82. The lowest BCUT2D eigenvalue weighted by atomic mass is 9.89. The lowest BCUT2D eigenvalue weighted by Crippen LogP contribution is -2.41. The standard InChI is InChI=1S/C21H25N3O5S/c1-15(17-11-10-16-6-3-4-7-18(16)12-17)22-21(25)14-23(30(2,28)29)19-8-5-9-20(13-19)24(26)27/h5,8-13,15H,3-4,6-7,14H2,1-2H3,(H,22,25)/t15-/m1/s1. The molecule has 0 aliphatic heterocycles. The number of sulfonamides is 1. The van der Waals surface area contributed by atoms with E-state index >= 15 is 0 Å². The summed E-state index contributed by atoms with van der Waals surface area (Å²) >= 11 is 0. The van der Waals surface area contributed by atoms with Crippen LogP contribution < -0.4 is 9.62 Å². The van der Waals surface area contributed by atoms with E-state index in [1.807, 2.05) is 13.0 Å². The summed E-state index contributed by atoms with van der Waals surface area (Å²) < 4.78 is 25.4. The molecule has 0 saturated heterocycles. The molecule has 0 radical (unpaired) electrons. The topological polar surface area (TPSA) is 110 Å². The number of rotatable bonds is 7. The molecular weight excluding hydrogens is 406 g/mol. The lowest BCUT2D eigenvalue weighted by Gasteiger charge is -2.24. The second-order valence-electron chi connectivity index (χ2n) is 7.57. The highest BCUT2D eigenvalue weighted by molar-refractivity contribution is 7.92. The first-order valence-corrected chi connectivity index (χ1v) is 11.6. The van der Waals surface area contributed by atoms with Crippen molar-refractivity contribution in [2.24, 2.45) is 0 Å². The van der Waals surface area contributed by atoms with Crippen LogP contribution in [0.1, 0.15) is 42.5 Å². The van der Waals surface area contributed by atoms with Gasteiger partial charge in [0.1, 0.15) is 6.54 Å². The normalized spacial score (nSPS) is 14.5. The van der Waals surface area contributed by atoms with Crippen molar-refractivity contribution < 1.29 is 18.1 Å². The molecule has 3 rings (SSSR count). The van der Waals surface area contributed by atoms with Crippen molar-refractivity contribution in [3.05, 3.63) is 69.3 Å². The molecule has 0 unspecified atom stereocenters. The molecule has 1 amide bonds. The number of nitrogens with one attached hydrogen (secondary N) is 1. The Morgan fingerprint density at radius 3 is 2.53 bits per heavy atom. The maximum absolute atomic E-state index is 12.6. The van der Waals surface area contributed by atoms with E-state index in [1.54, 1.807) is 0 Å². The number of hydrogen-bond donors (Lipinski definition) is 1. The predicted molar refractivity (Wildman–Crippen MR) is 115 cm³/mol. The molecule has 1 atom stereocenters. The number of carbonyl (C=O) groups is 1.